The molecule has 0 aliphatic rings. The number of carbonyl (C=O) groups is 1. The van der Waals surface area contributed by atoms with E-state index in [-0.39, 0.29) is 27.6 Å². The van der Waals surface area contributed by atoms with Gasteiger partial charge in [0.15, 0.2) is 5.11 Å². The van der Waals surface area contributed by atoms with Gasteiger partial charge in [0.1, 0.15) is 12.1 Å². The summed E-state index contributed by atoms with van der Waals surface area (Å²) in [6.45, 7) is 6.15. The van der Waals surface area contributed by atoms with E-state index in [4.69, 9.17) is 17.0 Å². The molecule has 190 valence electrons. The van der Waals surface area contributed by atoms with E-state index in [1.165, 1.54) is 37.2 Å². The fourth-order valence-corrected chi connectivity index (χ4v) is 4.59. The molecule has 1 aromatic heterocycles. The molecule has 3 N–H and O–H groups in total. The molecule has 0 spiro atoms. The third kappa shape index (κ3) is 7.46. The first-order valence-electron chi connectivity index (χ1n) is 11.3. The average molecular weight is 528 g/mol. The summed E-state index contributed by atoms with van der Waals surface area (Å²) in [7, 11) is -2.46. The van der Waals surface area contributed by atoms with Crippen LogP contribution >= 0.6 is 12.2 Å². The highest BCUT2D eigenvalue weighted by Crippen LogP contribution is 2.20. The van der Waals surface area contributed by atoms with Crippen LogP contribution in [0.5, 0.6) is 5.88 Å². The van der Waals surface area contributed by atoms with Crippen LogP contribution in [0.4, 0.5) is 11.5 Å². The fraction of sp³-hybridized carbons (Fsp3) is 0.280. The number of benzene rings is 2. The van der Waals surface area contributed by atoms with Gasteiger partial charge in [0.2, 0.25) is 11.8 Å². The maximum Gasteiger partial charge on any atom is 0.263 e. The van der Waals surface area contributed by atoms with Gasteiger partial charge in [-0.15, -0.1) is 0 Å². The lowest BCUT2D eigenvalue weighted by molar-refractivity contribution is -0.120. The quantitative estimate of drug-likeness (QED) is 0.356. The van der Waals surface area contributed by atoms with Crippen molar-refractivity contribution in [3.63, 3.8) is 0 Å². The predicted octanol–water partition coefficient (Wildman–Crippen LogP) is 4.10. The van der Waals surface area contributed by atoms with Gasteiger partial charge in [-0.05, 0) is 66.9 Å². The van der Waals surface area contributed by atoms with Crippen LogP contribution in [0.15, 0.2) is 65.8 Å². The number of thiocarbonyl (C=S) groups is 1. The second-order valence-electron chi connectivity index (χ2n) is 8.58. The summed E-state index contributed by atoms with van der Waals surface area (Å²) in [6, 6.07) is 15.3. The van der Waals surface area contributed by atoms with Crippen LogP contribution in [0.2, 0.25) is 0 Å². The number of amides is 1. The average Bonchev–Trinajstić information content (AvgIpc) is 2.83. The van der Waals surface area contributed by atoms with Crippen molar-refractivity contribution in [1.82, 2.24) is 15.3 Å². The molecule has 1 heterocycles. The third-order valence-corrected chi connectivity index (χ3v) is 6.84. The van der Waals surface area contributed by atoms with Gasteiger partial charge in [-0.25, -0.2) is 18.4 Å². The van der Waals surface area contributed by atoms with E-state index in [0.717, 1.165) is 12.0 Å². The number of aromatic nitrogens is 2. The number of carbonyl (C=O) groups excluding carboxylic acids is 1. The predicted molar refractivity (Wildman–Crippen MR) is 144 cm³/mol. The Labute approximate surface area is 216 Å². The number of ether oxygens (including phenoxy) is 1. The van der Waals surface area contributed by atoms with Gasteiger partial charge < -0.3 is 15.4 Å². The Morgan fingerprint density at radius 3 is 2.31 bits per heavy atom. The van der Waals surface area contributed by atoms with E-state index >= 15 is 0 Å². The molecule has 3 aromatic rings. The molecule has 0 radical (unpaired) electrons. The monoisotopic (exact) mass is 527 g/mol. The summed E-state index contributed by atoms with van der Waals surface area (Å²) < 4.78 is 32.6. The Morgan fingerprint density at radius 2 is 1.69 bits per heavy atom. The minimum atomic E-state index is -3.88. The molecule has 1 atom stereocenters. The molecule has 1 amide bonds. The normalized spacial score (nSPS) is 12.0. The van der Waals surface area contributed by atoms with Crippen LogP contribution in [0.1, 0.15) is 37.8 Å². The Bertz CT molecular complexity index is 1310. The van der Waals surface area contributed by atoms with E-state index in [1.807, 2.05) is 31.2 Å². The molecule has 0 saturated carbocycles. The van der Waals surface area contributed by atoms with E-state index in [2.05, 4.69) is 39.2 Å². The number of nitrogens with zero attached hydrogens (tertiary/aromatic N) is 2. The molecule has 0 saturated heterocycles. The smallest absolute Gasteiger partial charge is 0.263 e. The summed E-state index contributed by atoms with van der Waals surface area (Å²) in [5.74, 6) is 0.240. The van der Waals surface area contributed by atoms with Crippen LogP contribution in [-0.4, -0.2) is 36.5 Å². The van der Waals surface area contributed by atoms with E-state index in [1.54, 1.807) is 12.1 Å². The number of nitrogens with one attached hydrogen (secondary N) is 3. The molecule has 0 fully saturated rings. The van der Waals surface area contributed by atoms with Crippen LogP contribution in [0.3, 0.4) is 0 Å². The SMILES string of the molecule is COc1cc(NS(=O)(=O)c2ccc(NC(=S)NC(=O)C(C)c3ccc(CC(C)C)cc3)cc2)ncn1. The summed E-state index contributed by atoms with van der Waals surface area (Å²) >= 11 is 5.27. The van der Waals surface area contributed by atoms with Crippen molar-refractivity contribution in [2.24, 2.45) is 5.92 Å². The van der Waals surface area contributed by atoms with Gasteiger partial charge in [-0.3, -0.25) is 9.52 Å². The Hall–Kier alpha value is -3.57. The summed E-state index contributed by atoms with van der Waals surface area (Å²) in [5, 5.41) is 5.70. The Morgan fingerprint density at radius 1 is 1.03 bits per heavy atom. The van der Waals surface area contributed by atoms with Crippen LogP contribution in [-0.2, 0) is 21.2 Å². The number of methoxy groups -OCH3 is 1. The van der Waals surface area contributed by atoms with Crippen LogP contribution in [0.25, 0.3) is 0 Å². The number of sulfonamides is 1. The highest BCUT2D eigenvalue weighted by atomic mass is 32.2. The summed E-state index contributed by atoms with van der Waals surface area (Å²) in [5.41, 5.74) is 2.65. The molecule has 36 heavy (non-hydrogen) atoms. The second-order valence-corrected chi connectivity index (χ2v) is 10.7. The first-order chi connectivity index (χ1) is 17.1. The third-order valence-electron chi connectivity index (χ3n) is 5.27. The molecule has 3 rings (SSSR count). The number of anilines is 2. The lowest BCUT2D eigenvalue weighted by atomic mass is 9.96. The topological polar surface area (TPSA) is 122 Å². The molecule has 0 aliphatic carbocycles. The van der Waals surface area contributed by atoms with E-state index in [0.29, 0.717) is 11.6 Å². The zero-order chi connectivity index (χ0) is 26.3. The van der Waals surface area contributed by atoms with Gasteiger partial charge in [0, 0.05) is 11.8 Å². The standard InChI is InChI=1S/C25H29N5O4S2/c1-16(2)13-18-5-7-19(8-6-18)17(3)24(31)29-25(35)28-20-9-11-21(12-10-20)36(32,33)30-22-14-23(34-4)27-15-26-22/h5-12,14-17H,13H2,1-4H3,(H,26,27,30)(H2,28,29,31,35). The van der Waals surface area contributed by atoms with Crippen molar-refractivity contribution >= 4 is 44.8 Å². The minimum absolute atomic E-state index is 0.0233. The van der Waals surface area contributed by atoms with Gasteiger partial charge in [0.05, 0.1) is 17.9 Å². The van der Waals surface area contributed by atoms with E-state index in [9.17, 15) is 13.2 Å². The van der Waals surface area contributed by atoms with Crippen molar-refractivity contribution in [3.8, 4) is 5.88 Å². The number of hydrogen-bond donors (Lipinski definition) is 3. The highest BCUT2D eigenvalue weighted by molar-refractivity contribution is 7.92. The molecule has 1 unspecified atom stereocenters. The lowest BCUT2D eigenvalue weighted by Crippen LogP contribution is -2.36. The maximum atomic E-state index is 12.7. The zero-order valence-corrected chi connectivity index (χ0v) is 22.1. The van der Waals surface area contributed by atoms with Crippen LogP contribution < -0.4 is 20.1 Å². The summed E-state index contributed by atoms with van der Waals surface area (Å²) in [6.07, 6.45) is 2.18. The maximum absolute atomic E-state index is 12.7. The number of rotatable bonds is 9. The van der Waals surface area contributed by atoms with Gasteiger partial charge in [0.25, 0.3) is 10.0 Å². The molecule has 9 nitrogen and oxygen atoms in total. The fourth-order valence-electron chi connectivity index (χ4n) is 3.37. The van der Waals surface area contributed by atoms with Crippen molar-refractivity contribution in [1.29, 1.82) is 0 Å². The first kappa shape index (κ1) is 27.0. The summed E-state index contributed by atoms with van der Waals surface area (Å²) in [4.78, 5) is 20.4. The molecule has 0 aliphatic heterocycles. The first-order valence-corrected chi connectivity index (χ1v) is 13.2. The lowest BCUT2D eigenvalue weighted by Gasteiger charge is -2.15. The van der Waals surface area contributed by atoms with Crippen molar-refractivity contribution in [2.45, 2.75) is 38.0 Å². The van der Waals surface area contributed by atoms with Crippen molar-refractivity contribution in [2.75, 3.05) is 17.1 Å². The molecular weight excluding hydrogens is 498 g/mol. The molecular formula is C25H29N5O4S2. The second kappa shape index (κ2) is 11.9. The highest BCUT2D eigenvalue weighted by Gasteiger charge is 2.18. The van der Waals surface area contributed by atoms with E-state index < -0.39 is 15.9 Å². The van der Waals surface area contributed by atoms with Gasteiger partial charge in [-0.2, -0.15) is 0 Å². The largest absolute Gasteiger partial charge is 0.481 e. The van der Waals surface area contributed by atoms with Crippen LogP contribution in [0, 0.1) is 5.92 Å². The van der Waals surface area contributed by atoms with Gasteiger partial charge >= 0.3 is 0 Å². The molecule has 11 heteroatoms. The zero-order valence-electron chi connectivity index (χ0n) is 20.5. The molecule has 2 aromatic carbocycles. The molecule has 0 bridgehead atoms. The Balaban J connectivity index is 1.57. The van der Waals surface area contributed by atoms with Gasteiger partial charge in [-0.1, -0.05) is 38.1 Å². The number of hydrogen-bond acceptors (Lipinski definition) is 7. The minimum Gasteiger partial charge on any atom is -0.481 e. The Kier molecular flexibility index (Phi) is 8.94. The van der Waals surface area contributed by atoms with Crippen molar-refractivity contribution in [3.05, 3.63) is 72.1 Å². The van der Waals surface area contributed by atoms with Crippen molar-refractivity contribution < 1.29 is 17.9 Å².